The maximum atomic E-state index is 13.3. The average Bonchev–Trinajstić information content (AvgIpc) is 3.19. The van der Waals surface area contributed by atoms with Crippen LogP contribution in [0.15, 0.2) is 53.4 Å². The molecule has 3 heterocycles. The van der Waals surface area contributed by atoms with Gasteiger partial charge in [-0.25, -0.2) is 4.98 Å². The van der Waals surface area contributed by atoms with Crippen LogP contribution in [0.4, 0.5) is 4.39 Å². The van der Waals surface area contributed by atoms with Gasteiger partial charge in [0.25, 0.3) is 5.91 Å². The molecular weight excluding hydrogens is 319 g/mol. The zero-order valence-corrected chi connectivity index (χ0v) is 13.2. The van der Waals surface area contributed by atoms with Crippen molar-refractivity contribution in [1.82, 2.24) is 9.88 Å². The fourth-order valence-electron chi connectivity index (χ4n) is 2.10. The first-order valence-corrected chi connectivity index (χ1v) is 8.44. The fraction of sp³-hybridized carbons (Fsp3) is 0.125. The Morgan fingerprint density at radius 2 is 1.73 bits per heavy atom. The van der Waals surface area contributed by atoms with E-state index in [9.17, 15) is 9.18 Å². The first-order valence-electron chi connectivity index (χ1n) is 6.68. The van der Waals surface area contributed by atoms with Gasteiger partial charge < -0.3 is 4.90 Å². The molecule has 0 fully saturated rings. The lowest BCUT2D eigenvalue weighted by Gasteiger charge is -2.21. The second-order valence-electron chi connectivity index (χ2n) is 4.69. The van der Waals surface area contributed by atoms with Gasteiger partial charge in [0, 0.05) is 27.6 Å². The molecule has 3 nitrogen and oxygen atoms in total. The molecule has 0 radical (unpaired) electrons. The summed E-state index contributed by atoms with van der Waals surface area (Å²) in [5.41, 5.74) is 0.320. The monoisotopic (exact) mass is 332 g/mol. The molecule has 3 aromatic rings. The van der Waals surface area contributed by atoms with Gasteiger partial charge in [0.05, 0.1) is 13.1 Å². The summed E-state index contributed by atoms with van der Waals surface area (Å²) in [6.07, 6.45) is 1.32. The van der Waals surface area contributed by atoms with Crippen LogP contribution in [0.5, 0.6) is 0 Å². The third-order valence-electron chi connectivity index (χ3n) is 3.11. The number of aromatic nitrogens is 1. The van der Waals surface area contributed by atoms with Crippen molar-refractivity contribution >= 4 is 28.6 Å². The summed E-state index contributed by atoms with van der Waals surface area (Å²) in [4.78, 5) is 20.1. The van der Waals surface area contributed by atoms with E-state index in [1.54, 1.807) is 33.6 Å². The van der Waals surface area contributed by atoms with Crippen LogP contribution < -0.4 is 0 Å². The van der Waals surface area contributed by atoms with Gasteiger partial charge in [0.2, 0.25) is 5.95 Å². The van der Waals surface area contributed by atoms with Gasteiger partial charge in [-0.3, -0.25) is 4.79 Å². The highest BCUT2D eigenvalue weighted by Crippen LogP contribution is 2.19. The highest BCUT2D eigenvalue weighted by Gasteiger charge is 2.18. The molecule has 0 bridgehead atoms. The molecule has 0 saturated carbocycles. The van der Waals surface area contributed by atoms with Crippen LogP contribution in [-0.2, 0) is 13.1 Å². The van der Waals surface area contributed by atoms with E-state index in [0.29, 0.717) is 18.7 Å². The average molecular weight is 332 g/mol. The third-order valence-corrected chi connectivity index (χ3v) is 4.84. The summed E-state index contributed by atoms with van der Waals surface area (Å²) in [5, 5.41) is 3.96. The van der Waals surface area contributed by atoms with Gasteiger partial charge >= 0.3 is 0 Å². The second kappa shape index (κ2) is 6.81. The van der Waals surface area contributed by atoms with E-state index < -0.39 is 5.95 Å². The van der Waals surface area contributed by atoms with E-state index in [1.807, 2.05) is 35.0 Å². The highest BCUT2D eigenvalue weighted by atomic mass is 32.1. The molecule has 0 unspecified atom stereocenters. The summed E-state index contributed by atoms with van der Waals surface area (Å²) in [6.45, 7) is 1.02. The summed E-state index contributed by atoms with van der Waals surface area (Å²) < 4.78 is 13.3. The normalized spacial score (nSPS) is 10.6. The Morgan fingerprint density at radius 3 is 2.23 bits per heavy atom. The molecule has 0 aliphatic carbocycles. The lowest BCUT2D eigenvalue weighted by Crippen LogP contribution is -2.29. The molecule has 0 aromatic carbocycles. The fourth-order valence-corrected chi connectivity index (χ4v) is 3.54. The van der Waals surface area contributed by atoms with E-state index in [2.05, 4.69) is 4.98 Å². The highest BCUT2D eigenvalue weighted by molar-refractivity contribution is 7.10. The van der Waals surface area contributed by atoms with Crippen molar-refractivity contribution in [3.8, 4) is 0 Å². The van der Waals surface area contributed by atoms with E-state index in [4.69, 9.17) is 0 Å². The molecule has 3 rings (SSSR count). The van der Waals surface area contributed by atoms with Gasteiger partial charge in [-0.05, 0) is 29.0 Å². The molecule has 0 atom stereocenters. The van der Waals surface area contributed by atoms with E-state index in [0.717, 1.165) is 9.75 Å². The second-order valence-corrected chi connectivity index (χ2v) is 6.75. The Bertz CT molecular complexity index is 705. The number of hydrogen-bond donors (Lipinski definition) is 0. The Hall–Kier alpha value is -2.05. The van der Waals surface area contributed by atoms with Crippen molar-refractivity contribution in [2.24, 2.45) is 0 Å². The molecule has 0 spiro atoms. The summed E-state index contributed by atoms with van der Waals surface area (Å²) >= 11 is 3.21. The molecular formula is C16H13FN2OS2. The van der Waals surface area contributed by atoms with Crippen molar-refractivity contribution < 1.29 is 9.18 Å². The Labute approximate surface area is 135 Å². The van der Waals surface area contributed by atoms with E-state index in [1.165, 1.54) is 12.3 Å². The molecule has 0 N–H and O–H groups in total. The van der Waals surface area contributed by atoms with Crippen LogP contribution in [0.25, 0.3) is 0 Å². The van der Waals surface area contributed by atoms with Crippen LogP contribution in [0.1, 0.15) is 20.1 Å². The van der Waals surface area contributed by atoms with Gasteiger partial charge in [-0.2, -0.15) is 4.39 Å². The van der Waals surface area contributed by atoms with Crippen molar-refractivity contribution in [1.29, 1.82) is 0 Å². The van der Waals surface area contributed by atoms with E-state index >= 15 is 0 Å². The zero-order chi connectivity index (χ0) is 15.4. The molecule has 112 valence electrons. The number of amides is 1. The zero-order valence-electron chi connectivity index (χ0n) is 11.6. The van der Waals surface area contributed by atoms with E-state index in [-0.39, 0.29) is 5.91 Å². The van der Waals surface area contributed by atoms with Crippen LogP contribution in [0, 0.1) is 5.95 Å². The number of pyridine rings is 1. The minimum atomic E-state index is -0.641. The number of nitrogens with zero attached hydrogens (tertiary/aromatic N) is 2. The summed E-state index contributed by atoms with van der Waals surface area (Å²) in [6, 6.07) is 10.6. The standard InChI is InChI=1S/C16H13FN2OS2/c17-15-9-12(5-6-18-15)16(20)19(10-13-3-1-7-21-13)11-14-4-2-8-22-14/h1-9H,10-11H2. The minimum Gasteiger partial charge on any atom is -0.328 e. The number of carbonyl (C=O) groups excluding carboxylic acids is 1. The Kier molecular flexibility index (Phi) is 4.60. The predicted molar refractivity (Wildman–Crippen MR) is 86.4 cm³/mol. The molecule has 3 aromatic heterocycles. The lowest BCUT2D eigenvalue weighted by atomic mass is 10.2. The SMILES string of the molecule is O=C(c1ccnc(F)c1)N(Cc1cccs1)Cc1cccs1. The van der Waals surface area contributed by atoms with Crippen molar-refractivity contribution in [3.05, 3.63) is 74.6 Å². The predicted octanol–water partition coefficient (Wildman–Crippen LogP) is 4.19. The maximum Gasteiger partial charge on any atom is 0.254 e. The topological polar surface area (TPSA) is 33.2 Å². The molecule has 22 heavy (non-hydrogen) atoms. The minimum absolute atomic E-state index is 0.192. The molecule has 0 aliphatic heterocycles. The number of rotatable bonds is 5. The summed E-state index contributed by atoms with van der Waals surface area (Å²) in [5.74, 6) is -0.832. The quantitative estimate of drug-likeness (QED) is 0.657. The molecule has 1 amide bonds. The molecule has 0 saturated heterocycles. The van der Waals surface area contributed by atoms with Crippen LogP contribution >= 0.6 is 22.7 Å². The lowest BCUT2D eigenvalue weighted by molar-refractivity contribution is 0.0733. The Balaban J connectivity index is 1.85. The van der Waals surface area contributed by atoms with Crippen molar-refractivity contribution in [3.63, 3.8) is 0 Å². The number of thiophene rings is 2. The van der Waals surface area contributed by atoms with Crippen LogP contribution in [-0.4, -0.2) is 15.8 Å². The largest absolute Gasteiger partial charge is 0.328 e. The van der Waals surface area contributed by atoms with Crippen LogP contribution in [0.2, 0.25) is 0 Å². The Morgan fingerprint density at radius 1 is 1.09 bits per heavy atom. The number of halogens is 1. The number of carbonyl (C=O) groups is 1. The molecule has 0 aliphatic rings. The third kappa shape index (κ3) is 3.58. The van der Waals surface area contributed by atoms with Gasteiger partial charge in [-0.1, -0.05) is 12.1 Å². The van der Waals surface area contributed by atoms with Gasteiger partial charge in [0.15, 0.2) is 0 Å². The number of hydrogen-bond acceptors (Lipinski definition) is 4. The van der Waals surface area contributed by atoms with Crippen molar-refractivity contribution in [2.45, 2.75) is 13.1 Å². The van der Waals surface area contributed by atoms with Gasteiger partial charge in [0.1, 0.15) is 0 Å². The van der Waals surface area contributed by atoms with Crippen LogP contribution in [0.3, 0.4) is 0 Å². The smallest absolute Gasteiger partial charge is 0.254 e. The first-order chi connectivity index (χ1) is 10.7. The summed E-state index contributed by atoms with van der Waals surface area (Å²) in [7, 11) is 0. The molecule has 6 heteroatoms. The van der Waals surface area contributed by atoms with Crippen molar-refractivity contribution in [2.75, 3.05) is 0 Å². The first kappa shape index (κ1) is 14.9. The van der Waals surface area contributed by atoms with Gasteiger partial charge in [-0.15, -0.1) is 22.7 Å². The maximum absolute atomic E-state index is 13.3.